The third-order valence-electron chi connectivity index (χ3n) is 21.6. The van der Waals surface area contributed by atoms with E-state index in [1.807, 2.05) is 249 Å². The first-order valence-corrected chi connectivity index (χ1v) is 43.3. The van der Waals surface area contributed by atoms with Crippen LogP contribution in [0.2, 0.25) is 0 Å². The Hall–Kier alpha value is -15.0. The molecule has 0 aliphatic carbocycles. The van der Waals surface area contributed by atoms with Gasteiger partial charge in [0.15, 0.2) is 25.5 Å². The Morgan fingerprint density at radius 3 is 0.902 bits per heavy atom. The SMILES string of the molecule is Cc1cc[n+]2c(c1)-c1cc(-c3ccccc3)ccc1C2.Cc1ccnc(-c2[c-]cc(-c3ccccc3)cc2)c1.[Ir].[Ir].[Ir].[c-]1cc(-c2ccccc2)ccc1-c1ccccn1.[c-]1ccc(-c2ccccc2)cc1-c1ccccn1.[c-]1ccccc1-c1ccccn1.[c-]1ccccc1-c1ccccn1.[c-]1ccccc1-c1ccccn1.c1ccc(-c2ccc3c(c2)-c2cccc[n+]2C3)cc1. The molecule has 2 aliphatic rings. The van der Waals surface area contributed by atoms with Crippen LogP contribution < -0.4 is 9.13 Å². The molecular weight excluding hydrogens is 2150 g/mol. The van der Waals surface area contributed by atoms with E-state index in [9.17, 15) is 0 Å². The maximum atomic E-state index is 4.38. The molecule has 8 aromatic heterocycles. The Balaban J connectivity index is 0.000000130. The summed E-state index contributed by atoms with van der Waals surface area (Å²) in [4.78, 5) is 25.7. The van der Waals surface area contributed by atoms with Gasteiger partial charge in [-0.05, 0) is 136 Å². The van der Waals surface area contributed by atoms with Crippen molar-refractivity contribution in [2.45, 2.75) is 26.9 Å². The molecule has 2 aliphatic heterocycles. The summed E-state index contributed by atoms with van der Waals surface area (Å²) in [5.41, 5.74) is 35.0. The van der Waals surface area contributed by atoms with Crippen LogP contribution in [0.4, 0.5) is 0 Å². The Kier molecular flexibility index (Phi) is 36.1. The number of rotatable bonds is 11. The number of hydrogen-bond acceptors (Lipinski definition) is 6. The van der Waals surface area contributed by atoms with Gasteiger partial charge in [0.2, 0.25) is 11.4 Å². The molecule has 651 valence electrons. The molecule has 0 atom stereocenters. The summed E-state index contributed by atoms with van der Waals surface area (Å²) in [5.74, 6) is 0. The zero-order valence-electron chi connectivity index (χ0n) is 73.3. The van der Waals surface area contributed by atoms with Gasteiger partial charge in [0.25, 0.3) is 0 Å². The molecule has 0 saturated carbocycles. The Labute approximate surface area is 822 Å². The van der Waals surface area contributed by atoms with Crippen molar-refractivity contribution >= 4 is 0 Å². The molecule has 13 aromatic carbocycles. The van der Waals surface area contributed by atoms with Crippen molar-refractivity contribution in [3.63, 3.8) is 0 Å². The average molecular weight is 2250 g/mol. The van der Waals surface area contributed by atoms with Crippen LogP contribution >= 0.6 is 0 Å². The monoisotopic (exact) mass is 2250 g/mol. The van der Waals surface area contributed by atoms with Crippen molar-refractivity contribution in [2.75, 3.05) is 0 Å². The standard InChI is InChI=1S/C19H16N.2C18H14N.2C17H12N.3C11H8N.3Ir/c1-14-9-10-20-13-17-8-7-16(12-18(17)19(20)11-14)15-5-3-2-4-6-15;1-2-6-14(7-3-1)15-9-10-16-13-19-11-5-4-8-18(19)17(16)12-15;1-14-11-12-19-18(13-14)17-9-7-16(8-10-17)15-5-3-2-4-6-15;1-2-7-14(8-3-1)15-9-6-10-16(13-15)17-11-4-5-12-18-17;1-2-6-14(7-3-1)15-9-11-16(12-10-15)17-8-4-5-13-18-17;3*1-2-6-10(7-3-1)11-8-4-5-9-12-11;;;/h2-12H,13H2,1H3;1-12H,13H2;2-9,11-13H,1H3;1-9,11-13H;1-11,13H;3*1-6,8-9H;;;/q2*+1;6*-1;;;. The van der Waals surface area contributed by atoms with Gasteiger partial charge in [-0.1, -0.05) is 270 Å². The van der Waals surface area contributed by atoms with E-state index in [0.29, 0.717) is 0 Å². The molecule has 21 aromatic rings. The van der Waals surface area contributed by atoms with Crippen molar-refractivity contribution < 1.29 is 69.5 Å². The Bertz CT molecular complexity index is 6620. The largest absolute Gasteiger partial charge is 0.305 e. The van der Waals surface area contributed by atoms with Gasteiger partial charge in [-0.25, -0.2) is 0 Å². The van der Waals surface area contributed by atoms with Gasteiger partial charge in [0.1, 0.15) is 0 Å². The van der Waals surface area contributed by atoms with Crippen molar-refractivity contribution in [2.24, 2.45) is 0 Å². The van der Waals surface area contributed by atoms with Crippen LogP contribution in [0.3, 0.4) is 0 Å². The molecule has 3 radical (unpaired) electrons. The molecule has 0 saturated heterocycles. The summed E-state index contributed by atoms with van der Waals surface area (Å²) in [7, 11) is 0. The molecule has 0 fully saturated rings. The van der Waals surface area contributed by atoms with Crippen molar-refractivity contribution in [3.8, 4) is 146 Å². The molecule has 0 N–H and O–H groups in total. The van der Waals surface area contributed by atoms with Crippen molar-refractivity contribution in [3.05, 3.63) is 557 Å². The van der Waals surface area contributed by atoms with Gasteiger partial charge < -0.3 is 29.9 Å². The first-order valence-electron chi connectivity index (χ1n) is 43.3. The number of fused-ring (bicyclic) bond motifs is 6. The minimum absolute atomic E-state index is 0. The number of nitrogens with zero attached hydrogens (tertiary/aromatic N) is 8. The Morgan fingerprint density at radius 2 is 0.526 bits per heavy atom. The van der Waals surface area contributed by atoms with E-state index in [4.69, 9.17) is 0 Å². The smallest absolute Gasteiger partial charge is 0.213 e. The van der Waals surface area contributed by atoms with Crippen LogP contribution in [-0.4, -0.2) is 29.9 Å². The number of benzene rings is 13. The van der Waals surface area contributed by atoms with E-state index in [1.54, 1.807) is 31.0 Å². The summed E-state index contributed by atoms with van der Waals surface area (Å²) < 4.78 is 4.63. The molecule has 8 nitrogen and oxygen atoms in total. The minimum atomic E-state index is 0. The molecule has 0 amide bonds. The van der Waals surface area contributed by atoms with Crippen LogP contribution in [0.15, 0.2) is 498 Å². The summed E-state index contributed by atoms with van der Waals surface area (Å²) in [6, 6.07) is 171. The van der Waals surface area contributed by atoms with Crippen LogP contribution in [0.1, 0.15) is 22.3 Å². The van der Waals surface area contributed by atoms with E-state index >= 15 is 0 Å². The van der Waals surface area contributed by atoms with Crippen molar-refractivity contribution in [1.29, 1.82) is 0 Å². The van der Waals surface area contributed by atoms with E-state index in [-0.39, 0.29) is 60.3 Å². The predicted octanol–water partition coefficient (Wildman–Crippen LogP) is 28.2. The first kappa shape index (κ1) is 95.6. The molecule has 133 heavy (non-hydrogen) atoms. The second kappa shape index (κ2) is 50.3. The van der Waals surface area contributed by atoms with Crippen LogP contribution in [0.25, 0.3) is 146 Å². The van der Waals surface area contributed by atoms with Crippen LogP contribution in [0, 0.1) is 50.2 Å². The van der Waals surface area contributed by atoms with E-state index in [1.165, 1.54) is 100 Å². The molecule has 0 unspecified atom stereocenters. The van der Waals surface area contributed by atoms with Gasteiger partial charge in [-0.2, -0.15) is 9.13 Å². The predicted molar refractivity (Wildman–Crippen MR) is 530 cm³/mol. The molecule has 0 bridgehead atoms. The normalized spacial score (nSPS) is 10.4. The number of hydrogen-bond donors (Lipinski definition) is 0. The minimum Gasteiger partial charge on any atom is -0.305 e. The molecule has 10 heterocycles. The van der Waals surface area contributed by atoms with Gasteiger partial charge >= 0.3 is 0 Å². The Morgan fingerprint density at radius 1 is 0.203 bits per heavy atom. The van der Waals surface area contributed by atoms with Crippen LogP contribution in [-0.2, 0) is 73.4 Å². The molecule has 23 rings (SSSR count). The zero-order valence-corrected chi connectivity index (χ0v) is 80.5. The van der Waals surface area contributed by atoms with E-state index < -0.39 is 0 Å². The van der Waals surface area contributed by atoms with Gasteiger partial charge in [0, 0.05) is 133 Å². The second-order valence-electron chi connectivity index (χ2n) is 30.6. The summed E-state index contributed by atoms with van der Waals surface area (Å²) in [5, 5.41) is 0. The van der Waals surface area contributed by atoms with Gasteiger partial charge in [-0.3, -0.25) is 0 Å². The fourth-order valence-corrected chi connectivity index (χ4v) is 14.9. The van der Waals surface area contributed by atoms with Gasteiger partial charge in [-0.15, -0.1) is 203 Å². The summed E-state index contributed by atoms with van der Waals surface area (Å²) >= 11 is 0. The maximum Gasteiger partial charge on any atom is 0.213 e. The second-order valence-corrected chi connectivity index (χ2v) is 30.6. The molecular formula is C122H92Ir3N8-4. The fraction of sp³-hybridized carbons (Fsp3) is 0.0328. The first-order chi connectivity index (χ1) is 64.3. The fourth-order valence-electron chi connectivity index (χ4n) is 14.9. The number of aryl methyl sites for hydroxylation is 2. The van der Waals surface area contributed by atoms with Crippen LogP contribution in [0.5, 0.6) is 0 Å². The third kappa shape index (κ3) is 27.1. The van der Waals surface area contributed by atoms with Gasteiger partial charge in [0.05, 0.1) is 11.1 Å². The number of pyridine rings is 8. The maximum absolute atomic E-state index is 4.38. The van der Waals surface area contributed by atoms with E-state index in [0.717, 1.165) is 80.6 Å². The molecule has 0 spiro atoms. The van der Waals surface area contributed by atoms with Crippen molar-refractivity contribution in [1.82, 2.24) is 29.9 Å². The average Bonchev–Trinajstić information content (AvgIpc) is 1.52. The molecule has 11 heteroatoms. The zero-order chi connectivity index (χ0) is 88.4. The number of aromatic nitrogens is 8. The third-order valence-corrected chi connectivity index (χ3v) is 21.6. The topological polar surface area (TPSA) is 85.1 Å². The quantitative estimate of drug-likeness (QED) is 0.0947. The summed E-state index contributed by atoms with van der Waals surface area (Å²) in [6.07, 6.45) is 15.1. The summed E-state index contributed by atoms with van der Waals surface area (Å²) in [6.45, 7) is 6.20. The van der Waals surface area contributed by atoms with E-state index in [2.05, 4.69) is 308 Å².